The van der Waals surface area contributed by atoms with Crippen molar-refractivity contribution >= 4 is 23.4 Å². The van der Waals surface area contributed by atoms with Gasteiger partial charge in [-0.3, -0.25) is 9.59 Å². The zero-order chi connectivity index (χ0) is 17.1. The van der Waals surface area contributed by atoms with Gasteiger partial charge < -0.3 is 14.6 Å². The quantitative estimate of drug-likeness (QED) is 0.927. The number of carbonyl (C=O) groups excluding carboxylic acids is 2. The van der Waals surface area contributed by atoms with E-state index in [1.54, 1.807) is 17.0 Å². The van der Waals surface area contributed by atoms with Gasteiger partial charge in [-0.05, 0) is 55.1 Å². The van der Waals surface area contributed by atoms with Crippen LogP contribution < -0.4 is 5.32 Å². The molecule has 0 atom stereocenters. The van der Waals surface area contributed by atoms with E-state index >= 15 is 0 Å². The van der Waals surface area contributed by atoms with E-state index in [0.29, 0.717) is 18.7 Å². The Morgan fingerprint density at radius 2 is 1.88 bits per heavy atom. The summed E-state index contributed by atoms with van der Waals surface area (Å²) in [6.07, 6.45) is 1.44. The summed E-state index contributed by atoms with van der Waals surface area (Å²) in [6, 6.07) is 10.7. The highest BCUT2D eigenvalue weighted by Gasteiger charge is 2.26. The summed E-state index contributed by atoms with van der Waals surface area (Å²) < 4.78 is 5.17. The minimum absolute atomic E-state index is 0.0595. The number of furan rings is 1. The summed E-state index contributed by atoms with van der Waals surface area (Å²) in [4.78, 5) is 26.4. The Morgan fingerprint density at radius 3 is 2.50 bits per heavy atom. The Kier molecular flexibility index (Phi) is 4.90. The number of carbonyl (C=O) groups is 2. The lowest BCUT2D eigenvalue weighted by Gasteiger charge is -2.32. The molecule has 1 aliphatic rings. The molecule has 2 heterocycles. The molecule has 0 aliphatic carbocycles. The Morgan fingerprint density at radius 1 is 1.17 bits per heavy atom. The van der Waals surface area contributed by atoms with Crippen molar-refractivity contribution in [1.82, 2.24) is 10.2 Å². The van der Waals surface area contributed by atoms with Gasteiger partial charge in [-0.1, -0.05) is 18.2 Å². The molecule has 0 spiro atoms. The molecule has 1 saturated heterocycles. The number of hydrogen-bond acceptors (Lipinski definition) is 3. The molecule has 0 unspecified atom stereocenters. The molecule has 1 fully saturated rings. The van der Waals surface area contributed by atoms with Gasteiger partial charge in [0.2, 0.25) is 0 Å². The van der Waals surface area contributed by atoms with E-state index in [4.69, 9.17) is 16.0 Å². The third-order valence-corrected chi connectivity index (χ3v) is 4.49. The van der Waals surface area contributed by atoms with Crippen molar-refractivity contribution in [3.8, 4) is 0 Å². The molecule has 24 heavy (non-hydrogen) atoms. The fourth-order valence-electron chi connectivity index (χ4n) is 2.90. The molecule has 1 aromatic heterocycles. The molecule has 1 aliphatic heterocycles. The van der Waals surface area contributed by atoms with Crippen molar-refractivity contribution in [2.24, 2.45) is 0 Å². The fraction of sp³-hybridized carbons (Fsp3) is 0.333. The number of benzene rings is 1. The number of nitrogens with zero attached hydrogens (tertiary/aromatic N) is 1. The van der Waals surface area contributed by atoms with Crippen molar-refractivity contribution in [2.75, 3.05) is 13.1 Å². The maximum atomic E-state index is 12.4. The van der Waals surface area contributed by atoms with Gasteiger partial charge in [-0.25, -0.2) is 0 Å². The number of aryl methyl sites for hydroxylation is 1. The largest absolute Gasteiger partial charge is 0.440 e. The van der Waals surface area contributed by atoms with Crippen LogP contribution in [0.3, 0.4) is 0 Å². The van der Waals surface area contributed by atoms with Crippen LogP contribution in [-0.4, -0.2) is 35.8 Å². The third kappa shape index (κ3) is 3.62. The van der Waals surface area contributed by atoms with Crippen molar-refractivity contribution < 1.29 is 14.0 Å². The molecular weight excluding hydrogens is 328 g/mol. The molecule has 0 bridgehead atoms. The molecule has 2 amide bonds. The molecule has 1 N–H and O–H groups in total. The van der Waals surface area contributed by atoms with Gasteiger partial charge in [-0.15, -0.1) is 0 Å². The Balaban J connectivity index is 1.55. The summed E-state index contributed by atoms with van der Waals surface area (Å²) in [5.41, 5.74) is 1.65. The normalized spacial score (nSPS) is 15.3. The third-order valence-electron chi connectivity index (χ3n) is 4.29. The zero-order valence-corrected chi connectivity index (χ0v) is 14.2. The van der Waals surface area contributed by atoms with Crippen LogP contribution >= 0.6 is 11.6 Å². The maximum absolute atomic E-state index is 12.4. The summed E-state index contributed by atoms with van der Waals surface area (Å²) >= 11 is 5.71. The lowest BCUT2D eigenvalue weighted by Crippen LogP contribution is -2.46. The number of nitrogens with one attached hydrogen (secondary N) is 1. The highest BCUT2D eigenvalue weighted by molar-refractivity contribution is 6.29. The average molecular weight is 347 g/mol. The van der Waals surface area contributed by atoms with Crippen LogP contribution in [-0.2, 0) is 0 Å². The van der Waals surface area contributed by atoms with Gasteiger partial charge in [0.1, 0.15) is 0 Å². The number of halogens is 1. The van der Waals surface area contributed by atoms with Gasteiger partial charge in [-0.2, -0.15) is 0 Å². The first-order valence-electron chi connectivity index (χ1n) is 7.95. The van der Waals surface area contributed by atoms with Crippen molar-refractivity contribution in [3.05, 3.63) is 58.5 Å². The first kappa shape index (κ1) is 16.6. The monoisotopic (exact) mass is 346 g/mol. The first-order chi connectivity index (χ1) is 11.5. The average Bonchev–Trinajstić information content (AvgIpc) is 3.02. The smallest absolute Gasteiger partial charge is 0.289 e. The maximum Gasteiger partial charge on any atom is 0.289 e. The van der Waals surface area contributed by atoms with E-state index < -0.39 is 0 Å². The lowest BCUT2D eigenvalue weighted by atomic mass is 10.0. The van der Waals surface area contributed by atoms with Gasteiger partial charge in [0.15, 0.2) is 11.0 Å². The predicted octanol–water partition coefficient (Wildman–Crippen LogP) is 3.28. The van der Waals surface area contributed by atoms with E-state index in [2.05, 4.69) is 5.32 Å². The van der Waals surface area contributed by atoms with E-state index in [0.717, 1.165) is 18.4 Å². The van der Waals surface area contributed by atoms with E-state index in [1.165, 1.54) is 0 Å². The van der Waals surface area contributed by atoms with Crippen LogP contribution in [0.15, 0.2) is 40.8 Å². The fourth-order valence-corrected chi connectivity index (χ4v) is 3.05. The van der Waals surface area contributed by atoms with E-state index in [9.17, 15) is 9.59 Å². The molecule has 0 saturated carbocycles. The molecule has 3 rings (SSSR count). The number of rotatable bonds is 3. The Hall–Kier alpha value is -2.27. The first-order valence-corrected chi connectivity index (χ1v) is 8.33. The van der Waals surface area contributed by atoms with Gasteiger partial charge in [0.05, 0.1) is 0 Å². The van der Waals surface area contributed by atoms with Crippen LogP contribution in [0.4, 0.5) is 0 Å². The van der Waals surface area contributed by atoms with E-state index in [1.807, 2.05) is 31.2 Å². The summed E-state index contributed by atoms with van der Waals surface area (Å²) in [6.45, 7) is 3.08. The van der Waals surface area contributed by atoms with Crippen LogP contribution in [0, 0.1) is 6.92 Å². The van der Waals surface area contributed by atoms with Gasteiger partial charge in [0, 0.05) is 24.7 Å². The second-order valence-electron chi connectivity index (χ2n) is 5.96. The lowest BCUT2D eigenvalue weighted by molar-refractivity contribution is 0.0667. The molecule has 0 radical (unpaired) electrons. The number of amides is 2. The minimum atomic E-state index is -0.161. The Labute approximate surface area is 145 Å². The molecule has 126 valence electrons. The second-order valence-corrected chi connectivity index (χ2v) is 6.33. The summed E-state index contributed by atoms with van der Waals surface area (Å²) in [5, 5.41) is 3.27. The van der Waals surface area contributed by atoms with Crippen LogP contribution in [0.5, 0.6) is 0 Å². The predicted molar refractivity (Wildman–Crippen MR) is 91.3 cm³/mol. The Bertz CT molecular complexity index is 748. The second kappa shape index (κ2) is 7.09. The van der Waals surface area contributed by atoms with Crippen LogP contribution in [0.25, 0.3) is 0 Å². The van der Waals surface area contributed by atoms with Crippen LogP contribution in [0.2, 0.25) is 5.22 Å². The van der Waals surface area contributed by atoms with Gasteiger partial charge >= 0.3 is 0 Å². The summed E-state index contributed by atoms with van der Waals surface area (Å²) in [7, 11) is 0. The molecule has 2 aromatic rings. The molecule has 6 heteroatoms. The van der Waals surface area contributed by atoms with Crippen LogP contribution in [0.1, 0.15) is 39.3 Å². The van der Waals surface area contributed by atoms with Crippen molar-refractivity contribution in [1.29, 1.82) is 0 Å². The SMILES string of the molecule is Cc1ccccc1C(=O)NC1CCN(C(=O)c2ccc(Cl)o2)CC1. The number of likely N-dealkylation sites (tertiary alicyclic amines) is 1. The topological polar surface area (TPSA) is 62.6 Å². The minimum Gasteiger partial charge on any atom is -0.440 e. The molecular formula is C18H19ClN2O3. The highest BCUT2D eigenvalue weighted by Crippen LogP contribution is 2.18. The highest BCUT2D eigenvalue weighted by atomic mass is 35.5. The number of piperidine rings is 1. The molecule has 5 nitrogen and oxygen atoms in total. The van der Waals surface area contributed by atoms with Crippen molar-refractivity contribution in [2.45, 2.75) is 25.8 Å². The standard InChI is InChI=1S/C18H19ClN2O3/c1-12-4-2-3-5-14(12)17(22)20-13-8-10-21(11-9-13)18(23)15-6-7-16(19)24-15/h2-7,13H,8-11H2,1H3,(H,20,22). The van der Waals surface area contributed by atoms with Gasteiger partial charge in [0.25, 0.3) is 11.8 Å². The summed E-state index contributed by atoms with van der Waals surface area (Å²) in [5.74, 6) is 0.0312. The zero-order valence-electron chi connectivity index (χ0n) is 13.4. The molecule has 1 aromatic carbocycles. The number of hydrogen-bond donors (Lipinski definition) is 1. The van der Waals surface area contributed by atoms with E-state index in [-0.39, 0.29) is 28.8 Å². The van der Waals surface area contributed by atoms with Crippen molar-refractivity contribution in [3.63, 3.8) is 0 Å².